The summed E-state index contributed by atoms with van der Waals surface area (Å²) in [5.41, 5.74) is 3.71. The molecule has 0 saturated heterocycles. The van der Waals surface area contributed by atoms with Gasteiger partial charge in [0.05, 0.1) is 11.2 Å². The number of aromatic nitrogens is 3. The van der Waals surface area contributed by atoms with E-state index in [1.165, 1.54) is 24.8 Å². The minimum Gasteiger partial charge on any atom is -0.346 e. The lowest BCUT2D eigenvalue weighted by Gasteiger charge is -2.27. The van der Waals surface area contributed by atoms with Gasteiger partial charge in [-0.2, -0.15) is 0 Å². The minimum atomic E-state index is -0.166. The van der Waals surface area contributed by atoms with Gasteiger partial charge < -0.3 is 9.55 Å². The zero-order valence-corrected chi connectivity index (χ0v) is 14.0. The van der Waals surface area contributed by atoms with Crippen molar-refractivity contribution >= 4 is 21.9 Å². The largest absolute Gasteiger partial charge is 0.346 e. The lowest BCUT2D eigenvalue weighted by Crippen LogP contribution is -2.14. The van der Waals surface area contributed by atoms with Crippen molar-refractivity contribution in [3.05, 3.63) is 54.6 Å². The molecule has 3 nitrogen and oxygen atoms in total. The van der Waals surface area contributed by atoms with Crippen molar-refractivity contribution in [2.75, 3.05) is 0 Å². The van der Waals surface area contributed by atoms with E-state index in [4.69, 9.17) is 0 Å². The molecule has 3 aromatic heterocycles. The number of fused-ring (bicyclic) bond motifs is 3. The summed E-state index contributed by atoms with van der Waals surface area (Å²) in [6.07, 6.45) is 9.91. The van der Waals surface area contributed by atoms with Crippen molar-refractivity contribution in [3.8, 4) is 11.3 Å². The van der Waals surface area contributed by atoms with Gasteiger partial charge in [0.15, 0.2) is 0 Å². The smallest absolute Gasteiger partial charge is 0.139 e. The fourth-order valence-electron chi connectivity index (χ4n) is 4.32. The van der Waals surface area contributed by atoms with Gasteiger partial charge in [-0.1, -0.05) is 31.4 Å². The monoisotopic (exact) mass is 333 g/mol. The van der Waals surface area contributed by atoms with E-state index in [9.17, 15) is 4.39 Å². The summed E-state index contributed by atoms with van der Waals surface area (Å²) < 4.78 is 16.9. The molecule has 0 radical (unpaired) electrons. The van der Waals surface area contributed by atoms with Crippen LogP contribution < -0.4 is 0 Å². The van der Waals surface area contributed by atoms with Crippen LogP contribution in [0.2, 0.25) is 0 Å². The normalized spacial score (nSPS) is 16.0. The molecule has 1 saturated carbocycles. The molecule has 0 spiro atoms. The minimum absolute atomic E-state index is 0.166. The van der Waals surface area contributed by atoms with Gasteiger partial charge in [-0.3, -0.25) is 0 Å². The Morgan fingerprint density at radius 1 is 1.08 bits per heavy atom. The van der Waals surface area contributed by atoms with Gasteiger partial charge in [-0.25, -0.2) is 9.37 Å². The Morgan fingerprint density at radius 3 is 2.76 bits per heavy atom. The topological polar surface area (TPSA) is 33.6 Å². The number of halogens is 1. The molecular formula is C21H20FN3. The Balaban J connectivity index is 1.86. The summed E-state index contributed by atoms with van der Waals surface area (Å²) in [6, 6.07) is 11.7. The molecule has 0 atom stereocenters. The Hall–Kier alpha value is -2.62. The fraction of sp³-hybridized carbons (Fsp3) is 0.286. The Morgan fingerprint density at radius 2 is 1.92 bits per heavy atom. The predicted octanol–water partition coefficient (Wildman–Crippen LogP) is 5.83. The van der Waals surface area contributed by atoms with E-state index >= 15 is 0 Å². The molecule has 5 rings (SSSR count). The van der Waals surface area contributed by atoms with E-state index in [-0.39, 0.29) is 5.82 Å². The van der Waals surface area contributed by atoms with Gasteiger partial charge in [-0.15, -0.1) is 0 Å². The van der Waals surface area contributed by atoms with Crippen molar-refractivity contribution in [2.45, 2.75) is 38.1 Å². The van der Waals surface area contributed by atoms with Gasteiger partial charge in [-0.05, 0) is 37.1 Å². The van der Waals surface area contributed by atoms with Crippen LogP contribution in [0.4, 0.5) is 4.39 Å². The second kappa shape index (κ2) is 5.73. The molecule has 3 heterocycles. The third kappa shape index (κ3) is 2.28. The molecule has 0 bridgehead atoms. The molecule has 1 aromatic carbocycles. The highest BCUT2D eigenvalue weighted by molar-refractivity contribution is 6.05. The first-order valence-electron chi connectivity index (χ1n) is 9.05. The predicted molar refractivity (Wildman–Crippen MR) is 99.1 cm³/mol. The summed E-state index contributed by atoms with van der Waals surface area (Å²) in [6.45, 7) is 0. The van der Waals surface area contributed by atoms with Crippen LogP contribution in [0.1, 0.15) is 38.1 Å². The van der Waals surface area contributed by atoms with Crippen molar-refractivity contribution < 1.29 is 4.39 Å². The van der Waals surface area contributed by atoms with Crippen LogP contribution in [0.5, 0.6) is 0 Å². The van der Waals surface area contributed by atoms with Gasteiger partial charge >= 0.3 is 0 Å². The van der Waals surface area contributed by atoms with Crippen LogP contribution >= 0.6 is 0 Å². The Kier molecular flexibility index (Phi) is 3.37. The average molecular weight is 333 g/mol. The SMILES string of the molecule is Fc1ccccc1-c1cc2cnc3[nH]ccc3c2n1C1CCCCC1. The maximum absolute atomic E-state index is 14.6. The third-order valence-corrected chi connectivity index (χ3v) is 5.47. The van der Waals surface area contributed by atoms with Gasteiger partial charge in [0, 0.05) is 34.8 Å². The number of hydrogen-bond donors (Lipinski definition) is 1. The van der Waals surface area contributed by atoms with Crippen molar-refractivity contribution in [1.29, 1.82) is 0 Å². The molecule has 126 valence electrons. The van der Waals surface area contributed by atoms with Gasteiger partial charge in [0.2, 0.25) is 0 Å². The first-order valence-corrected chi connectivity index (χ1v) is 9.05. The van der Waals surface area contributed by atoms with Gasteiger partial charge in [0.25, 0.3) is 0 Å². The summed E-state index contributed by atoms with van der Waals surface area (Å²) in [7, 11) is 0. The van der Waals surface area contributed by atoms with Crippen molar-refractivity contribution in [2.24, 2.45) is 0 Å². The van der Waals surface area contributed by atoms with Crippen LogP contribution in [-0.4, -0.2) is 14.5 Å². The third-order valence-electron chi connectivity index (χ3n) is 5.47. The summed E-state index contributed by atoms with van der Waals surface area (Å²) in [4.78, 5) is 7.73. The summed E-state index contributed by atoms with van der Waals surface area (Å²) in [5, 5.41) is 2.20. The number of rotatable bonds is 2. The van der Waals surface area contributed by atoms with Crippen molar-refractivity contribution in [3.63, 3.8) is 0 Å². The fourth-order valence-corrected chi connectivity index (χ4v) is 4.32. The van der Waals surface area contributed by atoms with E-state index in [0.717, 1.165) is 35.0 Å². The van der Waals surface area contributed by atoms with E-state index in [1.807, 2.05) is 24.5 Å². The van der Waals surface area contributed by atoms with E-state index < -0.39 is 0 Å². The average Bonchev–Trinajstić information content (AvgIpc) is 3.26. The molecule has 1 aliphatic carbocycles. The van der Waals surface area contributed by atoms with Crippen LogP contribution in [0, 0.1) is 5.82 Å². The molecule has 4 aromatic rings. The Labute approximate surface area is 145 Å². The lowest BCUT2D eigenvalue weighted by atomic mass is 9.94. The number of nitrogens with one attached hydrogen (secondary N) is 1. The molecule has 0 unspecified atom stereocenters. The highest BCUT2D eigenvalue weighted by Gasteiger charge is 2.23. The second-order valence-corrected chi connectivity index (χ2v) is 6.97. The quantitative estimate of drug-likeness (QED) is 0.492. The van der Waals surface area contributed by atoms with E-state index in [2.05, 4.69) is 26.7 Å². The summed E-state index contributed by atoms with van der Waals surface area (Å²) >= 11 is 0. The standard InChI is InChI=1S/C21H20FN3/c22-18-9-5-4-8-16(18)19-12-14-13-24-21-17(10-11-23-21)20(14)25(19)15-6-2-1-3-7-15/h4-5,8-13,15H,1-3,6-7H2,(H,23,24). The van der Waals surface area contributed by atoms with Gasteiger partial charge in [0.1, 0.15) is 11.5 Å². The Bertz CT molecular complexity index is 1050. The maximum Gasteiger partial charge on any atom is 0.139 e. The highest BCUT2D eigenvalue weighted by atomic mass is 19.1. The number of aromatic amines is 1. The first-order chi connectivity index (χ1) is 12.3. The molecular weight excluding hydrogens is 313 g/mol. The molecule has 1 fully saturated rings. The van der Waals surface area contributed by atoms with Crippen LogP contribution in [0.3, 0.4) is 0 Å². The number of H-pyrrole nitrogens is 1. The number of benzene rings is 1. The molecule has 1 N–H and O–H groups in total. The zero-order chi connectivity index (χ0) is 16.8. The number of hydrogen-bond acceptors (Lipinski definition) is 1. The van der Waals surface area contributed by atoms with E-state index in [0.29, 0.717) is 11.6 Å². The maximum atomic E-state index is 14.6. The summed E-state index contributed by atoms with van der Waals surface area (Å²) in [5.74, 6) is -0.166. The second-order valence-electron chi connectivity index (χ2n) is 6.97. The number of pyridine rings is 1. The van der Waals surface area contributed by atoms with Crippen LogP contribution in [0.15, 0.2) is 48.8 Å². The lowest BCUT2D eigenvalue weighted by molar-refractivity contribution is 0.363. The molecule has 25 heavy (non-hydrogen) atoms. The molecule has 1 aliphatic rings. The van der Waals surface area contributed by atoms with Crippen LogP contribution in [-0.2, 0) is 0 Å². The molecule has 0 aliphatic heterocycles. The van der Waals surface area contributed by atoms with Crippen molar-refractivity contribution in [1.82, 2.24) is 14.5 Å². The van der Waals surface area contributed by atoms with Crippen LogP contribution in [0.25, 0.3) is 33.2 Å². The number of nitrogens with zero attached hydrogens (tertiary/aromatic N) is 2. The molecule has 4 heteroatoms. The zero-order valence-electron chi connectivity index (χ0n) is 14.0. The van der Waals surface area contributed by atoms with E-state index in [1.54, 1.807) is 12.1 Å². The molecule has 0 amide bonds. The highest BCUT2D eigenvalue weighted by Crippen LogP contribution is 2.40. The first kappa shape index (κ1) is 14.7.